The summed E-state index contributed by atoms with van der Waals surface area (Å²) in [5, 5.41) is 8.76. The fraction of sp³-hybridized carbons (Fsp3) is 0.462. The number of hydrogen-bond donors (Lipinski definition) is 2. The molecule has 0 bridgehead atoms. The van der Waals surface area contributed by atoms with Crippen LogP contribution < -0.4 is 10.5 Å². The zero-order valence-corrected chi connectivity index (χ0v) is 10.6. The third-order valence-electron chi connectivity index (χ3n) is 3.19. The van der Waals surface area contributed by atoms with E-state index >= 15 is 0 Å². The molecule has 104 valence electrons. The number of aromatic carboxylic acids is 1. The maximum absolute atomic E-state index is 13.5. The summed E-state index contributed by atoms with van der Waals surface area (Å²) in [6, 6.07) is 2.12. The van der Waals surface area contributed by atoms with Gasteiger partial charge in [0.15, 0.2) is 0 Å². The van der Waals surface area contributed by atoms with Crippen LogP contribution in [-0.4, -0.2) is 42.2 Å². The number of halogens is 1. The van der Waals surface area contributed by atoms with Gasteiger partial charge in [-0.15, -0.1) is 0 Å². The molecule has 1 aromatic carbocycles. The number of ether oxygens (including phenoxy) is 1. The highest BCUT2D eigenvalue weighted by atomic mass is 19.1. The van der Waals surface area contributed by atoms with Gasteiger partial charge in [-0.25, -0.2) is 9.18 Å². The summed E-state index contributed by atoms with van der Waals surface area (Å²) < 4.78 is 18.9. The van der Waals surface area contributed by atoms with Crippen molar-refractivity contribution in [2.45, 2.75) is 12.8 Å². The van der Waals surface area contributed by atoms with Crippen molar-refractivity contribution in [1.29, 1.82) is 0 Å². The molecule has 0 aromatic heterocycles. The molecule has 2 rings (SSSR count). The first-order chi connectivity index (χ1) is 9.08. The Morgan fingerprint density at radius 3 is 2.74 bits per heavy atom. The predicted octanol–water partition coefficient (Wildman–Crippen LogP) is 1.58. The molecule has 1 heterocycles. The second-order valence-corrected chi connectivity index (χ2v) is 4.57. The second kappa shape index (κ2) is 5.88. The van der Waals surface area contributed by atoms with Gasteiger partial charge in [-0.1, -0.05) is 0 Å². The SMILES string of the molecule is Nc1cc(C(=O)O)c(F)cc1OCCN1CCCC1. The largest absolute Gasteiger partial charge is 0.490 e. The average Bonchev–Trinajstić information content (AvgIpc) is 2.85. The molecule has 0 saturated carbocycles. The van der Waals surface area contributed by atoms with Crippen LogP contribution in [0.2, 0.25) is 0 Å². The van der Waals surface area contributed by atoms with Gasteiger partial charge in [-0.05, 0) is 32.0 Å². The molecule has 6 heteroatoms. The van der Waals surface area contributed by atoms with Gasteiger partial charge in [0.1, 0.15) is 18.2 Å². The monoisotopic (exact) mass is 268 g/mol. The summed E-state index contributed by atoms with van der Waals surface area (Å²) in [6.07, 6.45) is 2.40. The van der Waals surface area contributed by atoms with Gasteiger partial charge >= 0.3 is 5.97 Å². The minimum Gasteiger partial charge on any atom is -0.490 e. The normalized spacial score (nSPS) is 15.6. The summed E-state index contributed by atoms with van der Waals surface area (Å²) in [5.74, 6) is -1.98. The minimum atomic E-state index is -1.34. The fourth-order valence-corrected chi connectivity index (χ4v) is 2.15. The van der Waals surface area contributed by atoms with Crippen LogP contribution in [0.3, 0.4) is 0 Å². The van der Waals surface area contributed by atoms with E-state index in [4.69, 9.17) is 15.6 Å². The zero-order chi connectivity index (χ0) is 13.8. The summed E-state index contributed by atoms with van der Waals surface area (Å²) in [5.41, 5.74) is 5.35. The van der Waals surface area contributed by atoms with Crippen molar-refractivity contribution in [1.82, 2.24) is 4.90 Å². The van der Waals surface area contributed by atoms with Crippen LogP contribution in [0.15, 0.2) is 12.1 Å². The molecule has 0 aliphatic carbocycles. The highest BCUT2D eigenvalue weighted by molar-refractivity contribution is 5.89. The lowest BCUT2D eigenvalue weighted by Crippen LogP contribution is -2.25. The molecule has 1 fully saturated rings. The second-order valence-electron chi connectivity index (χ2n) is 4.57. The molecule has 5 nitrogen and oxygen atoms in total. The average molecular weight is 268 g/mol. The Morgan fingerprint density at radius 2 is 2.11 bits per heavy atom. The van der Waals surface area contributed by atoms with Crippen LogP contribution in [0.1, 0.15) is 23.2 Å². The van der Waals surface area contributed by atoms with Crippen LogP contribution in [0.25, 0.3) is 0 Å². The third kappa shape index (κ3) is 3.35. The Morgan fingerprint density at radius 1 is 1.42 bits per heavy atom. The van der Waals surface area contributed by atoms with Gasteiger partial charge in [0.25, 0.3) is 0 Å². The summed E-state index contributed by atoms with van der Waals surface area (Å²) in [7, 11) is 0. The molecule has 1 saturated heterocycles. The van der Waals surface area contributed by atoms with Gasteiger partial charge < -0.3 is 15.6 Å². The van der Waals surface area contributed by atoms with E-state index < -0.39 is 17.3 Å². The highest BCUT2D eigenvalue weighted by Crippen LogP contribution is 2.25. The van der Waals surface area contributed by atoms with Crippen LogP contribution in [0.5, 0.6) is 5.75 Å². The van der Waals surface area contributed by atoms with Crippen molar-refractivity contribution in [2.75, 3.05) is 32.0 Å². The fourth-order valence-electron chi connectivity index (χ4n) is 2.15. The lowest BCUT2D eigenvalue weighted by molar-refractivity contribution is 0.0692. The number of nitrogens with zero attached hydrogens (tertiary/aromatic N) is 1. The summed E-state index contributed by atoms with van der Waals surface area (Å²) in [6.45, 7) is 3.30. The number of benzene rings is 1. The topological polar surface area (TPSA) is 75.8 Å². The number of hydrogen-bond acceptors (Lipinski definition) is 4. The molecule has 19 heavy (non-hydrogen) atoms. The molecule has 0 atom stereocenters. The molecule has 0 spiro atoms. The van der Waals surface area contributed by atoms with Crippen molar-refractivity contribution in [2.24, 2.45) is 0 Å². The van der Waals surface area contributed by atoms with Crippen molar-refractivity contribution in [3.05, 3.63) is 23.5 Å². The highest BCUT2D eigenvalue weighted by Gasteiger charge is 2.15. The quantitative estimate of drug-likeness (QED) is 0.793. The number of nitrogens with two attached hydrogens (primary N) is 1. The first-order valence-corrected chi connectivity index (χ1v) is 6.25. The lowest BCUT2D eigenvalue weighted by Gasteiger charge is -2.16. The Hall–Kier alpha value is -1.82. The number of carbonyl (C=O) groups is 1. The number of nitrogen functional groups attached to an aromatic ring is 1. The van der Waals surface area contributed by atoms with Gasteiger partial charge in [-0.3, -0.25) is 4.90 Å². The molecule has 3 N–H and O–H groups in total. The van der Waals surface area contributed by atoms with E-state index in [0.29, 0.717) is 6.61 Å². The molecular weight excluding hydrogens is 251 g/mol. The first-order valence-electron chi connectivity index (χ1n) is 6.25. The number of anilines is 1. The maximum atomic E-state index is 13.5. The van der Waals surface area contributed by atoms with Crippen LogP contribution in [0.4, 0.5) is 10.1 Å². The van der Waals surface area contributed by atoms with Gasteiger partial charge in [0, 0.05) is 12.6 Å². The smallest absolute Gasteiger partial charge is 0.338 e. The molecular formula is C13H17FN2O3. The van der Waals surface area contributed by atoms with E-state index in [1.807, 2.05) is 0 Å². The standard InChI is InChI=1S/C13H17FN2O3/c14-10-8-12(11(15)7-9(10)13(17)18)19-6-5-16-3-1-2-4-16/h7-8H,1-6,15H2,(H,17,18). The number of likely N-dealkylation sites (tertiary alicyclic amines) is 1. The van der Waals surface area contributed by atoms with E-state index in [1.165, 1.54) is 12.8 Å². The predicted molar refractivity (Wildman–Crippen MR) is 68.9 cm³/mol. The molecule has 0 radical (unpaired) electrons. The van der Waals surface area contributed by atoms with Crippen molar-refractivity contribution in [3.63, 3.8) is 0 Å². The summed E-state index contributed by atoms with van der Waals surface area (Å²) in [4.78, 5) is 13.0. The van der Waals surface area contributed by atoms with E-state index in [9.17, 15) is 9.18 Å². The molecule has 0 unspecified atom stereocenters. The number of carboxylic acid groups (broad SMARTS) is 1. The van der Waals surface area contributed by atoms with E-state index in [2.05, 4.69) is 4.90 Å². The van der Waals surface area contributed by atoms with Crippen LogP contribution >= 0.6 is 0 Å². The Kier molecular flexibility index (Phi) is 4.21. The summed E-state index contributed by atoms with van der Waals surface area (Å²) >= 11 is 0. The van der Waals surface area contributed by atoms with Crippen molar-refractivity contribution < 1.29 is 19.0 Å². The Bertz CT molecular complexity index is 473. The number of rotatable bonds is 5. The number of carboxylic acids is 1. The van der Waals surface area contributed by atoms with Gasteiger partial charge in [0.05, 0.1) is 11.3 Å². The van der Waals surface area contributed by atoms with E-state index in [-0.39, 0.29) is 11.4 Å². The third-order valence-corrected chi connectivity index (χ3v) is 3.19. The van der Waals surface area contributed by atoms with E-state index in [1.54, 1.807) is 0 Å². The van der Waals surface area contributed by atoms with Gasteiger partial charge in [-0.2, -0.15) is 0 Å². The Labute approximate surface area is 110 Å². The molecule has 0 amide bonds. The Balaban J connectivity index is 1.96. The first kappa shape index (κ1) is 13.6. The van der Waals surface area contributed by atoms with Crippen molar-refractivity contribution >= 4 is 11.7 Å². The minimum absolute atomic E-state index is 0.139. The van der Waals surface area contributed by atoms with E-state index in [0.717, 1.165) is 31.8 Å². The van der Waals surface area contributed by atoms with Crippen LogP contribution in [0, 0.1) is 5.82 Å². The van der Waals surface area contributed by atoms with Gasteiger partial charge in [0.2, 0.25) is 0 Å². The lowest BCUT2D eigenvalue weighted by atomic mass is 10.2. The van der Waals surface area contributed by atoms with Crippen molar-refractivity contribution in [3.8, 4) is 5.75 Å². The molecule has 1 aromatic rings. The maximum Gasteiger partial charge on any atom is 0.338 e. The van der Waals surface area contributed by atoms with Crippen LogP contribution in [-0.2, 0) is 0 Å². The molecule has 1 aliphatic rings. The zero-order valence-electron chi connectivity index (χ0n) is 10.6. The molecule has 1 aliphatic heterocycles.